The average molecular weight is 228 g/mol. The van der Waals surface area contributed by atoms with Gasteiger partial charge in [0.25, 0.3) is 5.89 Å². The lowest BCUT2D eigenvalue weighted by Crippen LogP contribution is -2.01. The van der Waals surface area contributed by atoms with Gasteiger partial charge in [0.05, 0.1) is 11.6 Å². The first-order valence-electron chi connectivity index (χ1n) is 5.36. The van der Waals surface area contributed by atoms with Crippen molar-refractivity contribution in [2.45, 2.75) is 12.8 Å². The van der Waals surface area contributed by atoms with Gasteiger partial charge in [-0.05, 0) is 31.2 Å². The molecular formula is C12H12N4O. The summed E-state index contributed by atoms with van der Waals surface area (Å²) in [6.07, 6.45) is 1.54. The number of aryl methyl sites for hydroxylation is 1. The second kappa shape index (κ2) is 5.23. The first-order valence-corrected chi connectivity index (χ1v) is 5.36. The molecule has 1 heterocycles. The van der Waals surface area contributed by atoms with Crippen molar-refractivity contribution in [1.82, 2.24) is 10.1 Å². The lowest BCUT2D eigenvalue weighted by molar-refractivity contribution is 0.422. The maximum Gasteiger partial charge on any atom is 0.257 e. The van der Waals surface area contributed by atoms with Crippen molar-refractivity contribution in [2.75, 3.05) is 6.54 Å². The van der Waals surface area contributed by atoms with E-state index in [9.17, 15) is 0 Å². The molecule has 0 unspecified atom stereocenters. The predicted octanol–water partition coefficient (Wildman–Crippen LogP) is 1.50. The molecule has 0 atom stereocenters. The van der Waals surface area contributed by atoms with Crippen molar-refractivity contribution in [1.29, 1.82) is 5.26 Å². The summed E-state index contributed by atoms with van der Waals surface area (Å²) in [5, 5.41) is 12.7. The lowest BCUT2D eigenvalue weighted by atomic mass is 10.1. The molecule has 0 aliphatic heterocycles. The highest BCUT2D eigenvalue weighted by atomic mass is 16.5. The number of benzene rings is 1. The average Bonchev–Trinajstić information content (AvgIpc) is 2.85. The van der Waals surface area contributed by atoms with Crippen LogP contribution in [0.4, 0.5) is 0 Å². The second-order valence-corrected chi connectivity index (χ2v) is 3.60. The molecule has 0 saturated heterocycles. The van der Waals surface area contributed by atoms with E-state index in [4.69, 9.17) is 15.5 Å². The molecule has 5 heteroatoms. The predicted molar refractivity (Wildman–Crippen MR) is 61.8 cm³/mol. The number of hydrogen-bond donors (Lipinski definition) is 1. The van der Waals surface area contributed by atoms with Crippen LogP contribution in [0.25, 0.3) is 11.5 Å². The van der Waals surface area contributed by atoms with Gasteiger partial charge in [-0.25, -0.2) is 0 Å². The summed E-state index contributed by atoms with van der Waals surface area (Å²) >= 11 is 0. The van der Waals surface area contributed by atoms with Crippen LogP contribution in [0.3, 0.4) is 0 Å². The summed E-state index contributed by atoms with van der Waals surface area (Å²) in [4.78, 5) is 4.25. The van der Waals surface area contributed by atoms with Gasteiger partial charge >= 0.3 is 0 Å². The SMILES string of the molecule is N#Cc1cccc(-c2nc(CCCN)no2)c1. The van der Waals surface area contributed by atoms with E-state index in [0.29, 0.717) is 30.2 Å². The van der Waals surface area contributed by atoms with Gasteiger partial charge in [-0.1, -0.05) is 11.2 Å². The number of nitriles is 1. The van der Waals surface area contributed by atoms with Crippen LogP contribution in [-0.4, -0.2) is 16.7 Å². The summed E-state index contributed by atoms with van der Waals surface area (Å²) in [6, 6.07) is 9.15. The normalized spacial score (nSPS) is 10.1. The zero-order valence-electron chi connectivity index (χ0n) is 9.26. The van der Waals surface area contributed by atoms with Gasteiger partial charge in [-0.2, -0.15) is 10.2 Å². The summed E-state index contributed by atoms with van der Waals surface area (Å²) < 4.78 is 5.14. The third-order valence-corrected chi connectivity index (χ3v) is 2.31. The Labute approximate surface area is 98.9 Å². The van der Waals surface area contributed by atoms with Crippen molar-refractivity contribution in [3.8, 4) is 17.5 Å². The Bertz CT molecular complexity index is 541. The Balaban J connectivity index is 2.21. The van der Waals surface area contributed by atoms with E-state index in [0.717, 1.165) is 12.0 Å². The standard InChI is InChI=1S/C12H12N4O/c13-6-2-5-11-15-12(17-16-11)10-4-1-3-9(7-10)8-14/h1,3-4,7H,2,5-6,13H2. The van der Waals surface area contributed by atoms with Crippen LogP contribution in [0.1, 0.15) is 17.8 Å². The van der Waals surface area contributed by atoms with Crippen LogP contribution in [0.15, 0.2) is 28.8 Å². The van der Waals surface area contributed by atoms with E-state index in [1.165, 1.54) is 0 Å². The fourth-order valence-electron chi connectivity index (χ4n) is 1.45. The van der Waals surface area contributed by atoms with Crippen molar-refractivity contribution < 1.29 is 4.52 Å². The monoisotopic (exact) mass is 228 g/mol. The van der Waals surface area contributed by atoms with Crippen molar-refractivity contribution in [3.63, 3.8) is 0 Å². The summed E-state index contributed by atoms with van der Waals surface area (Å²) in [7, 11) is 0. The maximum absolute atomic E-state index is 8.80. The van der Waals surface area contributed by atoms with Crippen LogP contribution >= 0.6 is 0 Å². The molecule has 1 aromatic heterocycles. The number of hydrogen-bond acceptors (Lipinski definition) is 5. The number of nitrogens with zero attached hydrogens (tertiary/aromatic N) is 3. The highest BCUT2D eigenvalue weighted by Gasteiger charge is 2.08. The van der Waals surface area contributed by atoms with E-state index < -0.39 is 0 Å². The Hall–Kier alpha value is -2.19. The van der Waals surface area contributed by atoms with Crippen LogP contribution in [0, 0.1) is 11.3 Å². The second-order valence-electron chi connectivity index (χ2n) is 3.60. The maximum atomic E-state index is 8.80. The highest BCUT2D eigenvalue weighted by molar-refractivity contribution is 5.55. The molecular weight excluding hydrogens is 216 g/mol. The van der Waals surface area contributed by atoms with Gasteiger partial charge in [-0.3, -0.25) is 0 Å². The largest absolute Gasteiger partial charge is 0.334 e. The molecule has 17 heavy (non-hydrogen) atoms. The molecule has 0 bridgehead atoms. The third-order valence-electron chi connectivity index (χ3n) is 2.31. The highest BCUT2D eigenvalue weighted by Crippen LogP contribution is 2.18. The Morgan fingerprint density at radius 1 is 1.41 bits per heavy atom. The van der Waals surface area contributed by atoms with Crippen LogP contribution in [-0.2, 0) is 6.42 Å². The van der Waals surface area contributed by atoms with E-state index in [1.54, 1.807) is 18.2 Å². The van der Waals surface area contributed by atoms with Crippen molar-refractivity contribution >= 4 is 0 Å². The molecule has 5 nitrogen and oxygen atoms in total. The van der Waals surface area contributed by atoms with Gasteiger partial charge in [0.15, 0.2) is 5.82 Å². The quantitative estimate of drug-likeness (QED) is 0.856. The molecule has 0 aliphatic rings. The molecule has 2 N–H and O–H groups in total. The van der Waals surface area contributed by atoms with Gasteiger partial charge in [0.1, 0.15) is 0 Å². The number of rotatable bonds is 4. The fourth-order valence-corrected chi connectivity index (χ4v) is 1.45. The van der Waals surface area contributed by atoms with Crippen LogP contribution < -0.4 is 5.73 Å². The lowest BCUT2D eigenvalue weighted by Gasteiger charge is -1.93. The topological polar surface area (TPSA) is 88.7 Å². The minimum atomic E-state index is 0.439. The molecule has 2 rings (SSSR count). The number of nitrogens with two attached hydrogens (primary N) is 1. The number of aromatic nitrogens is 2. The molecule has 0 spiro atoms. The molecule has 0 amide bonds. The van der Waals surface area contributed by atoms with Crippen LogP contribution in [0.2, 0.25) is 0 Å². The third kappa shape index (κ3) is 2.68. The molecule has 0 fully saturated rings. The molecule has 0 aliphatic carbocycles. The zero-order chi connectivity index (χ0) is 12.1. The van der Waals surface area contributed by atoms with Crippen molar-refractivity contribution in [2.24, 2.45) is 5.73 Å². The molecule has 86 valence electrons. The minimum Gasteiger partial charge on any atom is -0.334 e. The van der Waals surface area contributed by atoms with E-state index in [-0.39, 0.29) is 0 Å². The van der Waals surface area contributed by atoms with Crippen LogP contribution in [0.5, 0.6) is 0 Å². The van der Waals surface area contributed by atoms with E-state index in [2.05, 4.69) is 16.2 Å². The first kappa shape index (κ1) is 11.3. The Morgan fingerprint density at radius 2 is 2.29 bits per heavy atom. The minimum absolute atomic E-state index is 0.439. The van der Waals surface area contributed by atoms with Gasteiger partial charge in [0, 0.05) is 12.0 Å². The van der Waals surface area contributed by atoms with Gasteiger partial charge < -0.3 is 10.3 Å². The molecule has 2 aromatic rings. The smallest absolute Gasteiger partial charge is 0.257 e. The Kier molecular flexibility index (Phi) is 3.48. The molecule has 1 aromatic carbocycles. The molecule has 0 radical (unpaired) electrons. The molecule has 0 saturated carbocycles. The summed E-state index contributed by atoms with van der Waals surface area (Å²) in [5.74, 6) is 1.09. The van der Waals surface area contributed by atoms with E-state index >= 15 is 0 Å². The van der Waals surface area contributed by atoms with Gasteiger partial charge in [-0.15, -0.1) is 0 Å². The van der Waals surface area contributed by atoms with Crippen molar-refractivity contribution in [3.05, 3.63) is 35.7 Å². The van der Waals surface area contributed by atoms with Gasteiger partial charge in [0.2, 0.25) is 0 Å². The summed E-state index contributed by atoms with van der Waals surface area (Å²) in [5.41, 5.74) is 6.74. The summed E-state index contributed by atoms with van der Waals surface area (Å²) in [6.45, 7) is 0.605. The van der Waals surface area contributed by atoms with E-state index in [1.807, 2.05) is 6.07 Å². The zero-order valence-corrected chi connectivity index (χ0v) is 9.26. The first-order chi connectivity index (χ1) is 8.33. The Morgan fingerprint density at radius 3 is 3.06 bits per heavy atom. The fraction of sp³-hybridized carbons (Fsp3) is 0.250.